The summed E-state index contributed by atoms with van der Waals surface area (Å²) in [6.45, 7) is 3.51. The molecule has 1 amide bonds. The molecule has 10 heteroatoms. The first-order valence-electron chi connectivity index (χ1n) is 8.99. The summed E-state index contributed by atoms with van der Waals surface area (Å²) in [5.41, 5.74) is 2.29. The second-order valence-corrected chi connectivity index (χ2v) is 8.70. The molecule has 3 heterocycles. The fourth-order valence-corrected chi connectivity index (χ4v) is 3.87. The van der Waals surface area contributed by atoms with E-state index in [1.165, 1.54) is 22.3 Å². The second kappa shape index (κ2) is 7.28. The molecule has 2 aromatic heterocycles. The lowest BCUT2D eigenvalue weighted by molar-refractivity contribution is 0.134. The van der Waals surface area contributed by atoms with Gasteiger partial charge in [0, 0.05) is 56.2 Å². The third kappa shape index (κ3) is 4.18. The van der Waals surface area contributed by atoms with Crippen molar-refractivity contribution in [2.24, 2.45) is 0 Å². The number of carbonyl (C=O) groups is 1. The molecule has 28 heavy (non-hydrogen) atoms. The summed E-state index contributed by atoms with van der Waals surface area (Å²) in [5.74, 6) is 0.133. The number of piperazine rings is 1. The molecular formula is C18H22N6O3S. The van der Waals surface area contributed by atoms with E-state index in [9.17, 15) is 13.2 Å². The molecule has 0 bridgehead atoms. The molecule has 148 valence electrons. The van der Waals surface area contributed by atoms with Gasteiger partial charge < -0.3 is 9.88 Å². The molecular weight excluding hydrogens is 380 g/mol. The van der Waals surface area contributed by atoms with E-state index in [-0.39, 0.29) is 11.8 Å². The fraction of sp³-hybridized carbons (Fsp3) is 0.333. The van der Waals surface area contributed by atoms with Crippen molar-refractivity contribution in [2.75, 3.05) is 37.2 Å². The number of sulfonamides is 1. The zero-order valence-electron chi connectivity index (χ0n) is 15.5. The van der Waals surface area contributed by atoms with Crippen molar-refractivity contribution in [2.45, 2.75) is 6.54 Å². The number of para-hydroxylation sites is 1. The number of carbonyl (C=O) groups excluding carboxylic acids is 1. The van der Waals surface area contributed by atoms with Gasteiger partial charge in [-0.05, 0) is 17.5 Å². The van der Waals surface area contributed by atoms with Crippen LogP contribution in [0.3, 0.4) is 0 Å². The van der Waals surface area contributed by atoms with Gasteiger partial charge in [-0.15, -0.1) is 5.10 Å². The Balaban J connectivity index is 1.34. The number of amides is 1. The average Bonchev–Trinajstić information content (AvgIpc) is 3.26. The number of hydrogen-bond donors (Lipinski definition) is 2. The Morgan fingerprint density at radius 1 is 1.18 bits per heavy atom. The predicted molar refractivity (Wildman–Crippen MR) is 107 cm³/mol. The highest BCUT2D eigenvalue weighted by Gasteiger charge is 2.23. The van der Waals surface area contributed by atoms with Crippen molar-refractivity contribution >= 4 is 32.8 Å². The molecule has 1 saturated heterocycles. The third-order valence-corrected chi connectivity index (χ3v) is 5.28. The molecule has 1 aromatic carbocycles. The maximum atomic E-state index is 12.6. The third-order valence-electron chi connectivity index (χ3n) is 4.70. The van der Waals surface area contributed by atoms with Crippen LogP contribution in [0.1, 0.15) is 5.69 Å². The molecule has 0 radical (unpaired) electrons. The summed E-state index contributed by atoms with van der Waals surface area (Å²) >= 11 is 0. The smallest absolute Gasteiger partial charge is 0.344 e. The van der Waals surface area contributed by atoms with Crippen molar-refractivity contribution in [1.29, 1.82) is 0 Å². The van der Waals surface area contributed by atoms with Crippen molar-refractivity contribution in [1.82, 2.24) is 24.6 Å². The van der Waals surface area contributed by atoms with Gasteiger partial charge in [0.15, 0.2) is 5.82 Å². The zero-order chi connectivity index (χ0) is 19.7. The summed E-state index contributed by atoms with van der Waals surface area (Å²) in [5, 5.41) is 5.20. The van der Waals surface area contributed by atoms with Gasteiger partial charge in [0.2, 0.25) is 10.0 Å². The van der Waals surface area contributed by atoms with Crippen molar-refractivity contribution in [3.8, 4) is 0 Å². The van der Waals surface area contributed by atoms with Gasteiger partial charge in [-0.25, -0.2) is 13.2 Å². The van der Waals surface area contributed by atoms with Crippen LogP contribution in [0.2, 0.25) is 0 Å². The molecule has 0 spiro atoms. The van der Waals surface area contributed by atoms with Crippen LogP contribution in [0.5, 0.6) is 0 Å². The number of rotatable bonds is 4. The Kier molecular flexibility index (Phi) is 4.82. The van der Waals surface area contributed by atoms with Gasteiger partial charge in [0.05, 0.1) is 6.26 Å². The highest BCUT2D eigenvalue weighted by molar-refractivity contribution is 7.92. The summed E-state index contributed by atoms with van der Waals surface area (Å²) in [7, 11) is -3.42. The van der Waals surface area contributed by atoms with Gasteiger partial charge in [0.25, 0.3) is 0 Å². The topological polar surface area (TPSA) is 103 Å². The predicted octanol–water partition coefficient (Wildman–Crippen LogP) is 1.52. The molecule has 1 fully saturated rings. The number of hydrogen-bond acceptors (Lipinski definition) is 5. The summed E-state index contributed by atoms with van der Waals surface area (Å²) < 4.78 is 26.0. The molecule has 3 aromatic rings. The number of aromatic amines is 1. The Bertz CT molecular complexity index is 1060. The average molecular weight is 402 g/mol. The number of anilines is 1. The minimum Gasteiger partial charge on any atom is -0.357 e. The van der Waals surface area contributed by atoms with Crippen LogP contribution in [-0.4, -0.2) is 71.4 Å². The molecule has 0 saturated carbocycles. The van der Waals surface area contributed by atoms with Gasteiger partial charge in [-0.2, -0.15) is 4.68 Å². The number of H-pyrrole nitrogens is 1. The lowest BCUT2D eigenvalue weighted by Crippen LogP contribution is -2.49. The Labute approximate surface area is 163 Å². The molecule has 1 aliphatic heterocycles. The standard InChI is InChI=1S/C18H22N6O3S/c1-28(26,27)21-17-6-7-24(20-17)18(25)23-10-8-22(9-11-23)13-15-12-14-4-2-3-5-16(14)19-15/h2-7,12,19H,8-11,13H2,1H3,(H,20,21). The molecule has 4 rings (SSSR count). The quantitative estimate of drug-likeness (QED) is 0.689. The van der Waals surface area contributed by atoms with E-state index < -0.39 is 10.0 Å². The lowest BCUT2D eigenvalue weighted by Gasteiger charge is -2.34. The maximum Gasteiger partial charge on any atom is 0.344 e. The van der Waals surface area contributed by atoms with Crippen molar-refractivity contribution in [3.63, 3.8) is 0 Å². The van der Waals surface area contributed by atoms with E-state index in [1.54, 1.807) is 4.90 Å². The summed E-state index contributed by atoms with van der Waals surface area (Å²) in [6.07, 6.45) is 2.51. The van der Waals surface area contributed by atoms with Crippen LogP contribution in [0.25, 0.3) is 10.9 Å². The highest BCUT2D eigenvalue weighted by atomic mass is 32.2. The van der Waals surface area contributed by atoms with Crippen molar-refractivity contribution in [3.05, 3.63) is 48.3 Å². The van der Waals surface area contributed by atoms with Crippen LogP contribution >= 0.6 is 0 Å². The molecule has 0 atom stereocenters. The number of nitrogens with zero attached hydrogens (tertiary/aromatic N) is 4. The minimum absolute atomic E-state index is 0.133. The van der Waals surface area contributed by atoms with Crippen LogP contribution in [0.4, 0.5) is 10.6 Å². The minimum atomic E-state index is -3.42. The van der Waals surface area contributed by atoms with E-state index in [2.05, 4.69) is 37.9 Å². The summed E-state index contributed by atoms with van der Waals surface area (Å²) in [6, 6.07) is 11.6. The maximum absolute atomic E-state index is 12.6. The molecule has 1 aliphatic rings. The number of aromatic nitrogens is 3. The molecule has 2 N–H and O–H groups in total. The van der Waals surface area contributed by atoms with Gasteiger partial charge in [-0.3, -0.25) is 9.62 Å². The summed E-state index contributed by atoms with van der Waals surface area (Å²) in [4.78, 5) is 20.0. The first kappa shape index (κ1) is 18.5. The molecule has 9 nitrogen and oxygen atoms in total. The van der Waals surface area contributed by atoms with Crippen LogP contribution < -0.4 is 4.72 Å². The normalized spacial score (nSPS) is 15.8. The SMILES string of the molecule is CS(=O)(=O)Nc1ccn(C(=O)N2CCN(Cc3cc4ccccc4[nH]3)CC2)n1. The Morgan fingerprint density at radius 2 is 1.93 bits per heavy atom. The first-order valence-corrected chi connectivity index (χ1v) is 10.9. The van der Waals surface area contributed by atoms with Crippen molar-refractivity contribution < 1.29 is 13.2 Å². The van der Waals surface area contributed by atoms with E-state index in [0.717, 1.165) is 37.1 Å². The Hall–Kier alpha value is -2.85. The number of benzene rings is 1. The second-order valence-electron chi connectivity index (χ2n) is 6.95. The fourth-order valence-electron chi connectivity index (χ4n) is 3.38. The largest absolute Gasteiger partial charge is 0.357 e. The zero-order valence-corrected chi connectivity index (χ0v) is 16.3. The number of nitrogens with one attached hydrogen (secondary N) is 2. The van der Waals surface area contributed by atoms with E-state index in [0.29, 0.717) is 13.1 Å². The van der Waals surface area contributed by atoms with Crippen LogP contribution in [0.15, 0.2) is 42.6 Å². The highest BCUT2D eigenvalue weighted by Crippen LogP contribution is 2.17. The van der Waals surface area contributed by atoms with E-state index >= 15 is 0 Å². The van der Waals surface area contributed by atoms with Gasteiger partial charge in [0.1, 0.15) is 0 Å². The van der Waals surface area contributed by atoms with Crippen LogP contribution in [0, 0.1) is 0 Å². The lowest BCUT2D eigenvalue weighted by atomic mass is 10.2. The number of fused-ring (bicyclic) bond motifs is 1. The van der Waals surface area contributed by atoms with Crippen LogP contribution in [-0.2, 0) is 16.6 Å². The molecule has 0 unspecified atom stereocenters. The Morgan fingerprint density at radius 3 is 2.64 bits per heavy atom. The van der Waals surface area contributed by atoms with E-state index in [4.69, 9.17) is 0 Å². The monoisotopic (exact) mass is 402 g/mol. The van der Waals surface area contributed by atoms with Gasteiger partial charge >= 0.3 is 6.03 Å². The first-order chi connectivity index (χ1) is 13.4. The van der Waals surface area contributed by atoms with Gasteiger partial charge in [-0.1, -0.05) is 18.2 Å². The molecule has 0 aliphatic carbocycles. The van der Waals surface area contributed by atoms with E-state index in [1.807, 2.05) is 12.1 Å².